The Hall–Kier alpha value is -1.44. The van der Waals surface area contributed by atoms with Crippen molar-refractivity contribution in [2.24, 2.45) is 0 Å². The third kappa shape index (κ3) is 3.31. The molecule has 0 aromatic carbocycles. The number of hydrogen-bond acceptors (Lipinski definition) is 3. The van der Waals surface area contributed by atoms with Gasteiger partial charge in [0.25, 0.3) is 10.2 Å². The predicted octanol–water partition coefficient (Wildman–Crippen LogP) is 1.51. The Kier molecular flexibility index (Phi) is 4.46. The first-order valence-corrected chi connectivity index (χ1v) is 9.18. The summed E-state index contributed by atoms with van der Waals surface area (Å²) in [6.45, 7) is 3.66. The van der Waals surface area contributed by atoms with Crippen molar-refractivity contribution in [1.29, 1.82) is 0 Å². The van der Waals surface area contributed by atoms with E-state index in [1.165, 1.54) is 0 Å². The van der Waals surface area contributed by atoms with Crippen LogP contribution in [-0.2, 0) is 16.6 Å². The van der Waals surface area contributed by atoms with E-state index in [0.717, 1.165) is 36.3 Å². The molecule has 1 fully saturated rings. The number of fused-ring (bicyclic) bond motifs is 1. The first kappa shape index (κ1) is 15.5. The van der Waals surface area contributed by atoms with Crippen molar-refractivity contribution in [2.45, 2.75) is 32.6 Å². The number of imidazole rings is 1. The first-order chi connectivity index (χ1) is 10.6. The standard InChI is InChI=1S/C15H22N4O2S/c1-13-6-5-7-15-17-14(12-19(13)15)8-9-16-22(20,21)18-10-3-2-4-11-18/h5-7,12,16H,2-4,8-11H2,1H3. The molecule has 1 saturated heterocycles. The molecule has 3 heterocycles. The molecule has 7 heteroatoms. The van der Waals surface area contributed by atoms with Crippen LogP contribution in [0.4, 0.5) is 0 Å². The highest BCUT2D eigenvalue weighted by atomic mass is 32.2. The average Bonchev–Trinajstić information content (AvgIpc) is 2.92. The second-order valence-corrected chi connectivity index (χ2v) is 7.49. The number of pyridine rings is 1. The fraction of sp³-hybridized carbons (Fsp3) is 0.533. The van der Waals surface area contributed by atoms with E-state index in [4.69, 9.17) is 0 Å². The minimum atomic E-state index is -3.34. The number of aromatic nitrogens is 2. The lowest BCUT2D eigenvalue weighted by Crippen LogP contribution is -2.44. The van der Waals surface area contributed by atoms with Gasteiger partial charge in [-0.15, -0.1) is 0 Å². The SMILES string of the molecule is Cc1cccc2nc(CCNS(=O)(=O)N3CCCCC3)cn12. The normalized spacial score (nSPS) is 17.1. The van der Waals surface area contributed by atoms with E-state index in [0.29, 0.717) is 26.1 Å². The predicted molar refractivity (Wildman–Crippen MR) is 86.0 cm³/mol. The summed E-state index contributed by atoms with van der Waals surface area (Å²) in [5, 5.41) is 0. The molecule has 1 aliphatic rings. The van der Waals surface area contributed by atoms with Crippen molar-refractivity contribution < 1.29 is 8.42 Å². The van der Waals surface area contributed by atoms with Crippen molar-refractivity contribution in [3.63, 3.8) is 0 Å². The molecule has 3 rings (SSSR count). The van der Waals surface area contributed by atoms with Gasteiger partial charge >= 0.3 is 0 Å². The Morgan fingerprint density at radius 3 is 2.73 bits per heavy atom. The molecule has 0 amide bonds. The Balaban J connectivity index is 1.60. The number of nitrogens with zero attached hydrogens (tertiary/aromatic N) is 3. The number of aryl methyl sites for hydroxylation is 1. The van der Waals surface area contributed by atoms with Crippen LogP contribution in [0.15, 0.2) is 24.4 Å². The molecule has 120 valence electrons. The van der Waals surface area contributed by atoms with Gasteiger partial charge in [0, 0.05) is 37.9 Å². The highest BCUT2D eigenvalue weighted by Crippen LogP contribution is 2.12. The van der Waals surface area contributed by atoms with Crippen molar-refractivity contribution in [3.05, 3.63) is 35.8 Å². The smallest absolute Gasteiger partial charge is 0.279 e. The lowest BCUT2D eigenvalue weighted by molar-refractivity contribution is 0.342. The van der Waals surface area contributed by atoms with Crippen molar-refractivity contribution >= 4 is 15.9 Å². The Morgan fingerprint density at radius 2 is 2.00 bits per heavy atom. The molecule has 1 N–H and O–H groups in total. The van der Waals surface area contributed by atoms with Crippen LogP contribution in [0.5, 0.6) is 0 Å². The molecule has 6 nitrogen and oxygen atoms in total. The van der Waals surface area contributed by atoms with Gasteiger partial charge in [0.2, 0.25) is 0 Å². The van der Waals surface area contributed by atoms with E-state index < -0.39 is 10.2 Å². The fourth-order valence-corrected chi connectivity index (χ4v) is 4.11. The monoisotopic (exact) mass is 322 g/mol. The van der Waals surface area contributed by atoms with Crippen LogP contribution in [-0.4, -0.2) is 41.7 Å². The molecule has 0 atom stereocenters. The molecule has 2 aromatic rings. The average molecular weight is 322 g/mol. The second kappa shape index (κ2) is 6.36. The van der Waals surface area contributed by atoms with Gasteiger partial charge in [-0.3, -0.25) is 0 Å². The van der Waals surface area contributed by atoms with Crippen LogP contribution < -0.4 is 4.72 Å². The minimum Gasteiger partial charge on any atom is -0.304 e. The molecule has 0 aliphatic carbocycles. The molecular weight excluding hydrogens is 300 g/mol. The first-order valence-electron chi connectivity index (χ1n) is 7.74. The molecule has 0 radical (unpaired) electrons. The second-order valence-electron chi connectivity index (χ2n) is 5.74. The van der Waals surface area contributed by atoms with E-state index in [1.807, 2.05) is 35.7 Å². The maximum Gasteiger partial charge on any atom is 0.279 e. The van der Waals surface area contributed by atoms with Gasteiger partial charge in [-0.25, -0.2) is 9.71 Å². The Bertz CT molecular complexity index is 748. The van der Waals surface area contributed by atoms with Gasteiger partial charge < -0.3 is 4.40 Å². The maximum absolute atomic E-state index is 12.2. The molecule has 22 heavy (non-hydrogen) atoms. The summed E-state index contributed by atoms with van der Waals surface area (Å²) in [7, 11) is -3.34. The largest absolute Gasteiger partial charge is 0.304 e. The summed E-state index contributed by atoms with van der Waals surface area (Å²) in [4.78, 5) is 4.52. The molecule has 0 spiro atoms. The number of hydrogen-bond donors (Lipinski definition) is 1. The quantitative estimate of drug-likeness (QED) is 0.907. The van der Waals surface area contributed by atoms with Crippen LogP contribution in [0.1, 0.15) is 30.7 Å². The Morgan fingerprint density at radius 1 is 1.23 bits per heavy atom. The Labute approximate surface area is 131 Å². The molecule has 0 unspecified atom stereocenters. The zero-order chi connectivity index (χ0) is 15.6. The van der Waals surface area contributed by atoms with Gasteiger partial charge in [-0.1, -0.05) is 12.5 Å². The zero-order valence-corrected chi connectivity index (χ0v) is 13.6. The summed E-state index contributed by atoms with van der Waals surface area (Å²) >= 11 is 0. The van der Waals surface area contributed by atoms with E-state index in [9.17, 15) is 8.42 Å². The van der Waals surface area contributed by atoms with Gasteiger partial charge in [-0.2, -0.15) is 12.7 Å². The van der Waals surface area contributed by atoms with Crippen LogP contribution in [0.25, 0.3) is 5.65 Å². The van der Waals surface area contributed by atoms with E-state index in [2.05, 4.69) is 9.71 Å². The van der Waals surface area contributed by atoms with Crippen LogP contribution >= 0.6 is 0 Å². The van der Waals surface area contributed by atoms with Gasteiger partial charge in [-0.05, 0) is 31.9 Å². The minimum absolute atomic E-state index is 0.377. The maximum atomic E-state index is 12.2. The molecule has 0 bridgehead atoms. The zero-order valence-electron chi connectivity index (χ0n) is 12.8. The van der Waals surface area contributed by atoms with Crippen molar-refractivity contribution in [2.75, 3.05) is 19.6 Å². The highest BCUT2D eigenvalue weighted by Gasteiger charge is 2.23. The van der Waals surface area contributed by atoms with Crippen LogP contribution in [0.2, 0.25) is 0 Å². The van der Waals surface area contributed by atoms with Gasteiger partial charge in [0.1, 0.15) is 5.65 Å². The summed E-state index contributed by atoms with van der Waals surface area (Å²) < 4.78 is 30.6. The van der Waals surface area contributed by atoms with Crippen molar-refractivity contribution in [3.8, 4) is 0 Å². The number of rotatable bonds is 5. The highest BCUT2D eigenvalue weighted by molar-refractivity contribution is 7.87. The van der Waals surface area contributed by atoms with Crippen LogP contribution in [0, 0.1) is 6.92 Å². The summed E-state index contributed by atoms with van der Waals surface area (Å²) in [6, 6.07) is 5.95. The molecule has 1 aliphatic heterocycles. The van der Waals surface area contributed by atoms with Gasteiger partial charge in [0.05, 0.1) is 5.69 Å². The summed E-state index contributed by atoms with van der Waals surface area (Å²) in [5.74, 6) is 0. The molecule has 0 saturated carbocycles. The summed E-state index contributed by atoms with van der Waals surface area (Å²) in [5.41, 5.74) is 2.91. The third-order valence-corrected chi connectivity index (χ3v) is 5.68. The molecule has 2 aromatic heterocycles. The molecular formula is C15H22N4O2S. The van der Waals surface area contributed by atoms with E-state index in [1.54, 1.807) is 4.31 Å². The summed E-state index contributed by atoms with van der Waals surface area (Å²) in [6.07, 6.45) is 5.58. The van der Waals surface area contributed by atoms with Gasteiger partial charge in [0.15, 0.2) is 0 Å². The van der Waals surface area contributed by atoms with E-state index in [-0.39, 0.29) is 0 Å². The lowest BCUT2D eigenvalue weighted by Gasteiger charge is -2.25. The lowest BCUT2D eigenvalue weighted by atomic mass is 10.2. The van der Waals surface area contributed by atoms with Crippen molar-refractivity contribution in [1.82, 2.24) is 18.4 Å². The van der Waals surface area contributed by atoms with Crippen LogP contribution in [0.3, 0.4) is 0 Å². The third-order valence-electron chi connectivity index (χ3n) is 4.07. The number of nitrogens with one attached hydrogen (secondary N) is 1. The fourth-order valence-electron chi connectivity index (χ4n) is 2.82. The van der Waals surface area contributed by atoms with E-state index >= 15 is 0 Å². The topological polar surface area (TPSA) is 66.7 Å². The number of piperidine rings is 1.